The third kappa shape index (κ3) is 2.08. The average Bonchev–Trinajstić information content (AvgIpc) is 2.89. The van der Waals surface area contributed by atoms with E-state index in [4.69, 9.17) is 0 Å². The van der Waals surface area contributed by atoms with Gasteiger partial charge >= 0.3 is 0 Å². The maximum atomic E-state index is 12.2. The first kappa shape index (κ1) is 11.5. The standard InChI is InChI=1S/C11H18N2O3S/c14-11(8-1-2-17(15,16)7-8)13-5-9-3-12-4-10(9)6-13/h8-10,12H,1-7H2. The molecule has 96 valence electrons. The van der Waals surface area contributed by atoms with E-state index in [2.05, 4.69) is 5.32 Å². The number of rotatable bonds is 1. The van der Waals surface area contributed by atoms with Gasteiger partial charge in [0.1, 0.15) is 0 Å². The zero-order valence-electron chi connectivity index (χ0n) is 9.76. The highest BCUT2D eigenvalue weighted by Gasteiger charge is 2.42. The van der Waals surface area contributed by atoms with E-state index in [9.17, 15) is 13.2 Å². The molecule has 3 aliphatic heterocycles. The summed E-state index contributed by atoms with van der Waals surface area (Å²) in [5.74, 6) is 1.21. The van der Waals surface area contributed by atoms with E-state index in [0.29, 0.717) is 18.3 Å². The Bertz CT molecular complexity index is 422. The van der Waals surface area contributed by atoms with Crippen molar-refractivity contribution in [3.05, 3.63) is 0 Å². The molecular formula is C11H18N2O3S. The Morgan fingerprint density at radius 1 is 1.18 bits per heavy atom. The normalized spacial score (nSPS) is 39.5. The number of carbonyl (C=O) groups is 1. The van der Waals surface area contributed by atoms with Crippen LogP contribution in [0.5, 0.6) is 0 Å². The molecule has 0 aromatic heterocycles. The zero-order chi connectivity index (χ0) is 12.0. The SMILES string of the molecule is O=C(C1CCS(=O)(=O)C1)N1CC2CNCC2C1. The Morgan fingerprint density at radius 2 is 1.82 bits per heavy atom. The lowest BCUT2D eigenvalue weighted by molar-refractivity contribution is -0.133. The summed E-state index contributed by atoms with van der Waals surface area (Å²) < 4.78 is 22.8. The second kappa shape index (κ2) is 3.95. The number of sulfone groups is 1. The fourth-order valence-corrected chi connectivity index (χ4v) is 5.02. The minimum Gasteiger partial charge on any atom is -0.342 e. The predicted molar refractivity (Wildman–Crippen MR) is 63.2 cm³/mol. The maximum absolute atomic E-state index is 12.2. The summed E-state index contributed by atoms with van der Waals surface area (Å²) in [6.45, 7) is 3.62. The van der Waals surface area contributed by atoms with Crippen LogP contribution in [0.25, 0.3) is 0 Å². The summed E-state index contributed by atoms with van der Waals surface area (Å²) in [6, 6.07) is 0. The molecule has 0 aliphatic carbocycles. The van der Waals surface area contributed by atoms with Crippen LogP contribution in [0.3, 0.4) is 0 Å². The van der Waals surface area contributed by atoms with Gasteiger partial charge in [0, 0.05) is 26.2 Å². The first-order chi connectivity index (χ1) is 8.05. The van der Waals surface area contributed by atoms with Gasteiger partial charge in [-0.25, -0.2) is 8.42 Å². The molecule has 1 amide bonds. The van der Waals surface area contributed by atoms with Crippen LogP contribution in [0, 0.1) is 17.8 Å². The smallest absolute Gasteiger partial charge is 0.226 e. The van der Waals surface area contributed by atoms with E-state index < -0.39 is 9.84 Å². The Kier molecular flexibility index (Phi) is 2.66. The van der Waals surface area contributed by atoms with E-state index in [-0.39, 0.29) is 23.3 Å². The Hall–Kier alpha value is -0.620. The topological polar surface area (TPSA) is 66.5 Å². The third-order valence-electron chi connectivity index (χ3n) is 4.28. The quantitative estimate of drug-likeness (QED) is 0.662. The van der Waals surface area contributed by atoms with E-state index in [1.807, 2.05) is 4.90 Å². The van der Waals surface area contributed by atoms with Crippen molar-refractivity contribution in [1.29, 1.82) is 0 Å². The summed E-state index contributed by atoms with van der Waals surface area (Å²) in [7, 11) is -2.95. The first-order valence-corrected chi connectivity index (χ1v) is 8.07. The molecular weight excluding hydrogens is 240 g/mol. The van der Waals surface area contributed by atoms with Crippen LogP contribution in [0.1, 0.15) is 6.42 Å². The predicted octanol–water partition coefficient (Wildman–Crippen LogP) is -0.901. The molecule has 3 atom stereocenters. The van der Waals surface area contributed by atoms with Crippen molar-refractivity contribution < 1.29 is 13.2 Å². The molecule has 3 aliphatic rings. The molecule has 17 heavy (non-hydrogen) atoms. The Labute approximate surface area is 101 Å². The first-order valence-electron chi connectivity index (χ1n) is 6.25. The number of carbonyl (C=O) groups excluding carboxylic acids is 1. The van der Waals surface area contributed by atoms with Gasteiger partial charge in [-0.15, -0.1) is 0 Å². The van der Waals surface area contributed by atoms with Gasteiger partial charge in [-0.05, 0) is 18.3 Å². The van der Waals surface area contributed by atoms with E-state index in [1.54, 1.807) is 0 Å². The fourth-order valence-electron chi connectivity index (χ4n) is 3.28. The molecule has 3 unspecified atom stereocenters. The average molecular weight is 258 g/mol. The summed E-state index contributed by atoms with van der Waals surface area (Å²) in [5, 5.41) is 3.33. The van der Waals surface area contributed by atoms with Gasteiger partial charge in [-0.3, -0.25) is 4.79 Å². The van der Waals surface area contributed by atoms with Crippen molar-refractivity contribution in [1.82, 2.24) is 10.2 Å². The molecule has 0 spiro atoms. The van der Waals surface area contributed by atoms with Gasteiger partial charge in [0.05, 0.1) is 17.4 Å². The highest BCUT2D eigenvalue weighted by molar-refractivity contribution is 7.91. The van der Waals surface area contributed by atoms with Crippen LogP contribution < -0.4 is 5.32 Å². The maximum Gasteiger partial charge on any atom is 0.226 e. The van der Waals surface area contributed by atoms with Crippen LogP contribution in [-0.2, 0) is 14.6 Å². The van der Waals surface area contributed by atoms with Crippen LogP contribution in [-0.4, -0.2) is 56.9 Å². The molecule has 6 heteroatoms. The largest absolute Gasteiger partial charge is 0.342 e. The van der Waals surface area contributed by atoms with Crippen LogP contribution in [0.15, 0.2) is 0 Å². The van der Waals surface area contributed by atoms with Gasteiger partial charge in [0.15, 0.2) is 9.84 Å². The summed E-state index contributed by atoms with van der Waals surface area (Å²) in [5.41, 5.74) is 0. The Morgan fingerprint density at radius 3 is 2.35 bits per heavy atom. The van der Waals surface area contributed by atoms with Gasteiger partial charge in [0.25, 0.3) is 0 Å². The molecule has 3 fully saturated rings. The molecule has 3 saturated heterocycles. The minimum atomic E-state index is -2.95. The monoisotopic (exact) mass is 258 g/mol. The van der Waals surface area contributed by atoms with Gasteiger partial charge in [-0.2, -0.15) is 0 Å². The lowest BCUT2D eigenvalue weighted by Gasteiger charge is -2.20. The highest BCUT2D eigenvalue weighted by atomic mass is 32.2. The van der Waals surface area contributed by atoms with Crippen molar-refractivity contribution in [3.8, 4) is 0 Å². The lowest BCUT2D eigenvalue weighted by Crippen LogP contribution is -2.36. The van der Waals surface area contributed by atoms with Crippen molar-refractivity contribution in [2.75, 3.05) is 37.7 Å². The van der Waals surface area contributed by atoms with Crippen LogP contribution >= 0.6 is 0 Å². The van der Waals surface area contributed by atoms with Crippen LogP contribution in [0.4, 0.5) is 0 Å². The second-order valence-electron chi connectivity index (χ2n) is 5.52. The molecule has 5 nitrogen and oxygen atoms in total. The number of nitrogens with one attached hydrogen (secondary N) is 1. The van der Waals surface area contributed by atoms with Crippen LogP contribution in [0.2, 0.25) is 0 Å². The number of amides is 1. The molecule has 0 saturated carbocycles. The third-order valence-corrected chi connectivity index (χ3v) is 6.05. The fraction of sp³-hybridized carbons (Fsp3) is 0.909. The molecule has 3 heterocycles. The lowest BCUT2D eigenvalue weighted by atomic mass is 10.0. The number of likely N-dealkylation sites (tertiary alicyclic amines) is 1. The minimum absolute atomic E-state index is 0.0654. The molecule has 0 bridgehead atoms. The van der Waals surface area contributed by atoms with Crippen molar-refractivity contribution in [2.45, 2.75) is 6.42 Å². The van der Waals surface area contributed by atoms with Gasteiger partial charge in [-0.1, -0.05) is 0 Å². The summed E-state index contributed by atoms with van der Waals surface area (Å²) >= 11 is 0. The summed E-state index contributed by atoms with van der Waals surface area (Å²) in [4.78, 5) is 14.1. The number of nitrogens with zero attached hydrogens (tertiary/aromatic N) is 1. The highest BCUT2D eigenvalue weighted by Crippen LogP contribution is 2.29. The van der Waals surface area contributed by atoms with Crippen molar-refractivity contribution >= 4 is 15.7 Å². The molecule has 3 rings (SSSR count). The summed E-state index contributed by atoms with van der Waals surface area (Å²) in [6.07, 6.45) is 0.519. The molecule has 0 aromatic rings. The van der Waals surface area contributed by atoms with E-state index in [1.165, 1.54) is 0 Å². The van der Waals surface area contributed by atoms with Gasteiger partial charge < -0.3 is 10.2 Å². The molecule has 0 aromatic carbocycles. The van der Waals surface area contributed by atoms with Gasteiger partial charge in [0.2, 0.25) is 5.91 Å². The number of hydrogen-bond donors (Lipinski definition) is 1. The van der Waals surface area contributed by atoms with E-state index >= 15 is 0 Å². The molecule has 0 radical (unpaired) electrons. The van der Waals surface area contributed by atoms with Crippen molar-refractivity contribution in [3.63, 3.8) is 0 Å². The Balaban J connectivity index is 1.64. The molecule has 1 N–H and O–H groups in total. The number of hydrogen-bond acceptors (Lipinski definition) is 4. The van der Waals surface area contributed by atoms with E-state index in [0.717, 1.165) is 26.2 Å². The van der Waals surface area contributed by atoms with Crippen molar-refractivity contribution in [2.24, 2.45) is 17.8 Å². The second-order valence-corrected chi connectivity index (χ2v) is 7.75. The zero-order valence-corrected chi connectivity index (χ0v) is 10.6. The number of fused-ring (bicyclic) bond motifs is 1.